The Morgan fingerprint density at radius 1 is 1.24 bits per heavy atom. The van der Waals surface area contributed by atoms with Crippen LogP contribution in [0.5, 0.6) is 11.5 Å². The summed E-state index contributed by atoms with van der Waals surface area (Å²) in [6, 6.07) is 2.77. The van der Waals surface area contributed by atoms with Gasteiger partial charge in [0.1, 0.15) is 0 Å². The summed E-state index contributed by atoms with van der Waals surface area (Å²) in [5.41, 5.74) is 0.569. The molecule has 7 heteroatoms. The standard InChI is InChI=1S/C14H23NO5S/c1-5-11(6-7-16)15-21(17,18)14-9-13(20-4)12(19-3)8-10(14)2/h8-9,11,15-16H,5-7H2,1-4H3. The Hall–Kier alpha value is -1.31. The first kappa shape index (κ1) is 17.7. The summed E-state index contributed by atoms with van der Waals surface area (Å²) in [5, 5.41) is 8.97. The van der Waals surface area contributed by atoms with Crippen LogP contribution in [0.1, 0.15) is 25.3 Å². The molecule has 0 aliphatic heterocycles. The van der Waals surface area contributed by atoms with Gasteiger partial charge in [-0.05, 0) is 31.4 Å². The number of aliphatic hydroxyl groups excluding tert-OH is 1. The lowest BCUT2D eigenvalue weighted by Crippen LogP contribution is -2.35. The Kier molecular flexibility index (Phi) is 6.44. The molecule has 0 radical (unpaired) electrons. The van der Waals surface area contributed by atoms with Crippen molar-refractivity contribution in [1.82, 2.24) is 4.72 Å². The monoisotopic (exact) mass is 317 g/mol. The quantitative estimate of drug-likeness (QED) is 0.758. The Balaban J connectivity index is 3.19. The fourth-order valence-electron chi connectivity index (χ4n) is 2.04. The molecule has 21 heavy (non-hydrogen) atoms. The van der Waals surface area contributed by atoms with Gasteiger partial charge in [0.15, 0.2) is 11.5 Å². The fraction of sp³-hybridized carbons (Fsp3) is 0.571. The van der Waals surface area contributed by atoms with Gasteiger partial charge in [0.05, 0.1) is 19.1 Å². The summed E-state index contributed by atoms with van der Waals surface area (Å²) in [6.45, 7) is 3.50. The van der Waals surface area contributed by atoms with E-state index in [2.05, 4.69) is 4.72 Å². The SMILES string of the molecule is CCC(CCO)NS(=O)(=O)c1cc(OC)c(OC)cc1C. The maximum absolute atomic E-state index is 12.5. The lowest BCUT2D eigenvalue weighted by atomic mass is 10.2. The lowest BCUT2D eigenvalue weighted by Gasteiger charge is -2.18. The smallest absolute Gasteiger partial charge is 0.241 e. The summed E-state index contributed by atoms with van der Waals surface area (Å²) in [7, 11) is -0.725. The van der Waals surface area contributed by atoms with Gasteiger partial charge in [-0.3, -0.25) is 0 Å². The van der Waals surface area contributed by atoms with Gasteiger partial charge in [-0.2, -0.15) is 0 Å². The van der Waals surface area contributed by atoms with Crippen molar-refractivity contribution in [3.8, 4) is 11.5 Å². The maximum atomic E-state index is 12.5. The first-order valence-electron chi connectivity index (χ1n) is 6.75. The molecule has 2 N–H and O–H groups in total. The van der Waals surface area contributed by atoms with E-state index in [1.54, 1.807) is 13.0 Å². The van der Waals surface area contributed by atoms with Gasteiger partial charge < -0.3 is 14.6 Å². The minimum absolute atomic E-state index is 0.0635. The van der Waals surface area contributed by atoms with Crippen molar-refractivity contribution in [2.75, 3.05) is 20.8 Å². The molecule has 0 spiro atoms. The number of aliphatic hydroxyl groups is 1. The number of nitrogens with one attached hydrogen (secondary N) is 1. The van der Waals surface area contributed by atoms with Crippen molar-refractivity contribution in [2.45, 2.75) is 37.6 Å². The Morgan fingerprint density at radius 3 is 2.29 bits per heavy atom. The molecule has 1 aromatic rings. The molecule has 0 bridgehead atoms. The van der Waals surface area contributed by atoms with Gasteiger partial charge in [0.2, 0.25) is 10.0 Å². The molecule has 1 rings (SSSR count). The fourth-order valence-corrected chi connectivity index (χ4v) is 3.63. The summed E-state index contributed by atoms with van der Waals surface area (Å²) in [4.78, 5) is 0.150. The molecule has 0 saturated heterocycles. The van der Waals surface area contributed by atoms with Crippen LogP contribution in [-0.2, 0) is 10.0 Å². The van der Waals surface area contributed by atoms with Gasteiger partial charge in [-0.1, -0.05) is 6.92 Å². The molecule has 0 fully saturated rings. The van der Waals surface area contributed by atoms with Crippen molar-refractivity contribution in [3.05, 3.63) is 17.7 Å². The second kappa shape index (κ2) is 7.63. The number of aryl methyl sites for hydroxylation is 1. The largest absolute Gasteiger partial charge is 0.493 e. The van der Waals surface area contributed by atoms with Gasteiger partial charge in [-0.25, -0.2) is 13.1 Å². The number of rotatable bonds is 8. The van der Waals surface area contributed by atoms with Crippen molar-refractivity contribution >= 4 is 10.0 Å². The molecular weight excluding hydrogens is 294 g/mol. The van der Waals surface area contributed by atoms with Crippen LogP contribution in [0.4, 0.5) is 0 Å². The molecule has 0 amide bonds. The zero-order chi connectivity index (χ0) is 16.0. The van der Waals surface area contributed by atoms with E-state index < -0.39 is 10.0 Å². The summed E-state index contributed by atoms with van der Waals surface area (Å²) in [5.74, 6) is 0.843. The van der Waals surface area contributed by atoms with Crippen molar-refractivity contribution in [3.63, 3.8) is 0 Å². The number of hydrogen-bond donors (Lipinski definition) is 2. The number of hydrogen-bond acceptors (Lipinski definition) is 5. The average molecular weight is 317 g/mol. The Morgan fingerprint density at radius 2 is 1.81 bits per heavy atom. The molecule has 0 aliphatic carbocycles. The predicted octanol–water partition coefficient (Wildman–Crippen LogP) is 1.45. The van der Waals surface area contributed by atoms with Crippen molar-refractivity contribution in [1.29, 1.82) is 0 Å². The molecule has 0 aliphatic rings. The third-order valence-corrected chi connectivity index (χ3v) is 4.93. The van der Waals surface area contributed by atoms with Crippen LogP contribution in [0.3, 0.4) is 0 Å². The zero-order valence-corrected chi connectivity index (χ0v) is 13.7. The van der Waals surface area contributed by atoms with Crippen LogP contribution in [-0.4, -0.2) is 40.4 Å². The number of sulfonamides is 1. The van der Waals surface area contributed by atoms with Crippen molar-refractivity contribution < 1.29 is 23.0 Å². The van der Waals surface area contributed by atoms with E-state index in [-0.39, 0.29) is 17.5 Å². The molecular formula is C14H23NO5S. The van der Waals surface area contributed by atoms with E-state index >= 15 is 0 Å². The maximum Gasteiger partial charge on any atom is 0.241 e. The molecule has 0 aromatic heterocycles. The first-order valence-corrected chi connectivity index (χ1v) is 8.23. The van der Waals surface area contributed by atoms with E-state index in [0.717, 1.165) is 0 Å². The van der Waals surface area contributed by atoms with E-state index in [4.69, 9.17) is 14.6 Å². The van der Waals surface area contributed by atoms with Gasteiger partial charge in [0, 0.05) is 18.7 Å². The Bertz CT molecular complexity index is 571. The number of benzene rings is 1. The number of methoxy groups -OCH3 is 2. The summed E-state index contributed by atoms with van der Waals surface area (Å²) < 4.78 is 37.9. The second-order valence-electron chi connectivity index (χ2n) is 4.71. The molecule has 0 heterocycles. The highest BCUT2D eigenvalue weighted by atomic mass is 32.2. The van der Waals surface area contributed by atoms with Crippen LogP contribution >= 0.6 is 0 Å². The molecule has 1 atom stereocenters. The van der Waals surface area contributed by atoms with Crippen LogP contribution < -0.4 is 14.2 Å². The highest BCUT2D eigenvalue weighted by Crippen LogP contribution is 2.32. The van der Waals surface area contributed by atoms with E-state index in [0.29, 0.717) is 29.9 Å². The molecule has 120 valence electrons. The normalized spacial score (nSPS) is 13.0. The van der Waals surface area contributed by atoms with Crippen LogP contribution in [0.25, 0.3) is 0 Å². The third-order valence-electron chi connectivity index (χ3n) is 3.26. The van der Waals surface area contributed by atoms with Crippen molar-refractivity contribution in [2.24, 2.45) is 0 Å². The summed E-state index contributed by atoms with van der Waals surface area (Å²) >= 11 is 0. The lowest BCUT2D eigenvalue weighted by molar-refractivity contribution is 0.270. The predicted molar refractivity (Wildman–Crippen MR) is 80.4 cm³/mol. The van der Waals surface area contributed by atoms with E-state index in [9.17, 15) is 8.42 Å². The van der Waals surface area contributed by atoms with E-state index in [1.165, 1.54) is 20.3 Å². The first-order chi connectivity index (χ1) is 9.89. The van der Waals surface area contributed by atoms with E-state index in [1.807, 2.05) is 6.92 Å². The third kappa shape index (κ3) is 4.33. The topological polar surface area (TPSA) is 84.9 Å². The van der Waals surface area contributed by atoms with Gasteiger partial charge in [-0.15, -0.1) is 0 Å². The molecule has 6 nitrogen and oxygen atoms in total. The zero-order valence-electron chi connectivity index (χ0n) is 12.8. The Labute approximate surface area is 126 Å². The molecule has 1 unspecified atom stereocenters. The van der Waals surface area contributed by atoms with Crippen LogP contribution in [0, 0.1) is 6.92 Å². The minimum atomic E-state index is -3.68. The minimum Gasteiger partial charge on any atom is -0.493 e. The summed E-state index contributed by atoms with van der Waals surface area (Å²) in [6.07, 6.45) is 0.980. The second-order valence-corrected chi connectivity index (χ2v) is 6.39. The number of ether oxygens (including phenoxy) is 2. The van der Waals surface area contributed by atoms with Gasteiger partial charge >= 0.3 is 0 Å². The van der Waals surface area contributed by atoms with Crippen LogP contribution in [0.2, 0.25) is 0 Å². The van der Waals surface area contributed by atoms with Gasteiger partial charge in [0.25, 0.3) is 0 Å². The molecule has 1 aromatic carbocycles. The average Bonchev–Trinajstić information content (AvgIpc) is 2.45. The highest BCUT2D eigenvalue weighted by Gasteiger charge is 2.23. The van der Waals surface area contributed by atoms with Crippen LogP contribution in [0.15, 0.2) is 17.0 Å². The highest BCUT2D eigenvalue weighted by molar-refractivity contribution is 7.89. The molecule has 0 saturated carbocycles.